The third kappa shape index (κ3) is 7.31. The van der Waals surface area contributed by atoms with Crippen molar-refractivity contribution in [2.24, 2.45) is 0 Å². The number of nitrogens with zero attached hydrogens (tertiary/aromatic N) is 1. The topological polar surface area (TPSA) is 117 Å². The van der Waals surface area contributed by atoms with E-state index in [1.807, 2.05) is 30.3 Å². The highest BCUT2D eigenvalue weighted by molar-refractivity contribution is 5.95. The maximum atomic E-state index is 13.5. The standard InChI is InChI=1S/C27H29N3O6/c1-35-23-14-22(15-24(16-23)36-2)27(33)30(18-20-8-10-21(11-9-20)26(32)29-34)13-12-25(31)28-17-19-6-4-3-5-7-19/h3-11,14-16,34H,12-13,17-18H2,1-2H3,(H,28,31)(H,29,32). The summed E-state index contributed by atoms with van der Waals surface area (Å²) < 4.78 is 10.6. The Morgan fingerprint density at radius 1 is 0.833 bits per heavy atom. The van der Waals surface area contributed by atoms with Crippen LogP contribution in [0.3, 0.4) is 0 Å². The summed E-state index contributed by atoms with van der Waals surface area (Å²) in [6, 6.07) is 20.9. The Kier molecular flexibility index (Phi) is 9.41. The summed E-state index contributed by atoms with van der Waals surface area (Å²) in [5.74, 6) is -0.182. The van der Waals surface area contributed by atoms with Crippen molar-refractivity contribution in [2.75, 3.05) is 20.8 Å². The number of ether oxygens (including phenoxy) is 2. The quantitative estimate of drug-likeness (QED) is 0.280. The lowest BCUT2D eigenvalue weighted by Crippen LogP contribution is -2.35. The van der Waals surface area contributed by atoms with Gasteiger partial charge in [0, 0.05) is 43.2 Å². The number of hydroxylamine groups is 1. The third-order valence-electron chi connectivity index (χ3n) is 5.52. The van der Waals surface area contributed by atoms with Gasteiger partial charge in [-0.25, -0.2) is 5.48 Å². The van der Waals surface area contributed by atoms with Crippen LogP contribution in [-0.4, -0.2) is 48.6 Å². The Labute approximate surface area is 209 Å². The maximum Gasteiger partial charge on any atom is 0.274 e. The lowest BCUT2D eigenvalue weighted by atomic mass is 10.1. The number of nitrogens with one attached hydrogen (secondary N) is 2. The molecule has 36 heavy (non-hydrogen) atoms. The Bertz CT molecular complexity index is 1160. The van der Waals surface area contributed by atoms with E-state index in [0.717, 1.165) is 11.1 Å². The first-order valence-electron chi connectivity index (χ1n) is 11.3. The molecule has 3 amide bonds. The van der Waals surface area contributed by atoms with Crippen molar-refractivity contribution >= 4 is 17.7 Å². The summed E-state index contributed by atoms with van der Waals surface area (Å²) in [5.41, 5.74) is 3.94. The van der Waals surface area contributed by atoms with Crippen LogP contribution in [0.2, 0.25) is 0 Å². The van der Waals surface area contributed by atoms with Crippen molar-refractivity contribution < 1.29 is 29.1 Å². The first kappa shape index (κ1) is 26.2. The maximum absolute atomic E-state index is 13.5. The molecular formula is C27H29N3O6. The highest BCUT2D eigenvalue weighted by Crippen LogP contribution is 2.24. The molecular weight excluding hydrogens is 462 g/mol. The Morgan fingerprint density at radius 3 is 2.06 bits per heavy atom. The first-order chi connectivity index (χ1) is 17.4. The van der Waals surface area contributed by atoms with E-state index in [-0.39, 0.29) is 36.9 Å². The normalized spacial score (nSPS) is 10.3. The van der Waals surface area contributed by atoms with Crippen LogP contribution in [0.25, 0.3) is 0 Å². The number of rotatable bonds is 11. The van der Waals surface area contributed by atoms with E-state index in [4.69, 9.17) is 14.7 Å². The van der Waals surface area contributed by atoms with Crippen LogP contribution in [0.1, 0.15) is 38.3 Å². The van der Waals surface area contributed by atoms with Crippen molar-refractivity contribution in [3.8, 4) is 11.5 Å². The molecule has 9 nitrogen and oxygen atoms in total. The highest BCUT2D eigenvalue weighted by atomic mass is 16.5. The molecule has 0 aromatic heterocycles. The molecule has 0 saturated carbocycles. The summed E-state index contributed by atoms with van der Waals surface area (Å²) in [5, 5.41) is 11.7. The van der Waals surface area contributed by atoms with Gasteiger partial charge in [0.1, 0.15) is 11.5 Å². The molecule has 0 aliphatic carbocycles. The molecule has 9 heteroatoms. The van der Waals surface area contributed by atoms with Gasteiger partial charge >= 0.3 is 0 Å². The second-order valence-corrected chi connectivity index (χ2v) is 7.98. The van der Waals surface area contributed by atoms with E-state index in [2.05, 4.69) is 5.32 Å². The molecule has 0 saturated heterocycles. The monoisotopic (exact) mass is 491 g/mol. The van der Waals surface area contributed by atoms with Crippen LogP contribution < -0.4 is 20.3 Å². The smallest absolute Gasteiger partial charge is 0.274 e. The van der Waals surface area contributed by atoms with Crippen LogP contribution in [0.5, 0.6) is 11.5 Å². The van der Waals surface area contributed by atoms with Crippen molar-refractivity contribution in [2.45, 2.75) is 19.5 Å². The van der Waals surface area contributed by atoms with Gasteiger partial charge < -0.3 is 19.7 Å². The lowest BCUT2D eigenvalue weighted by molar-refractivity contribution is -0.121. The number of carbonyl (C=O) groups excluding carboxylic acids is 3. The van der Waals surface area contributed by atoms with E-state index >= 15 is 0 Å². The lowest BCUT2D eigenvalue weighted by Gasteiger charge is -2.23. The van der Waals surface area contributed by atoms with Crippen LogP contribution in [0.4, 0.5) is 0 Å². The van der Waals surface area contributed by atoms with Gasteiger partial charge in [0.2, 0.25) is 5.91 Å². The van der Waals surface area contributed by atoms with Crippen molar-refractivity contribution in [3.05, 3.63) is 95.1 Å². The summed E-state index contributed by atoms with van der Waals surface area (Å²) in [7, 11) is 3.00. The number of carbonyl (C=O) groups is 3. The van der Waals surface area contributed by atoms with Gasteiger partial charge in [0.05, 0.1) is 14.2 Å². The summed E-state index contributed by atoms with van der Waals surface area (Å²) >= 11 is 0. The minimum absolute atomic E-state index is 0.102. The molecule has 0 spiro atoms. The summed E-state index contributed by atoms with van der Waals surface area (Å²) in [4.78, 5) is 39.2. The zero-order valence-electron chi connectivity index (χ0n) is 20.2. The van der Waals surface area contributed by atoms with Gasteiger partial charge in [0.25, 0.3) is 11.8 Å². The molecule has 0 fully saturated rings. The van der Waals surface area contributed by atoms with Crippen molar-refractivity contribution in [1.82, 2.24) is 15.7 Å². The van der Waals surface area contributed by atoms with Gasteiger partial charge in [0.15, 0.2) is 0 Å². The third-order valence-corrected chi connectivity index (χ3v) is 5.52. The van der Waals surface area contributed by atoms with Crippen LogP contribution in [0, 0.1) is 0 Å². The molecule has 0 radical (unpaired) electrons. The predicted octanol–water partition coefficient (Wildman–Crippen LogP) is 3.17. The average Bonchev–Trinajstić information content (AvgIpc) is 2.93. The summed E-state index contributed by atoms with van der Waals surface area (Å²) in [6.45, 7) is 0.762. The molecule has 0 aliphatic heterocycles. The zero-order valence-corrected chi connectivity index (χ0v) is 20.2. The van der Waals surface area contributed by atoms with Crippen molar-refractivity contribution in [3.63, 3.8) is 0 Å². The second-order valence-electron chi connectivity index (χ2n) is 7.98. The molecule has 188 valence electrons. The number of benzene rings is 3. The van der Waals surface area contributed by atoms with Gasteiger partial charge in [-0.1, -0.05) is 42.5 Å². The van der Waals surface area contributed by atoms with Gasteiger partial charge in [-0.3, -0.25) is 19.6 Å². The fourth-order valence-electron chi connectivity index (χ4n) is 3.53. The van der Waals surface area contributed by atoms with Crippen LogP contribution in [-0.2, 0) is 17.9 Å². The molecule has 0 unspecified atom stereocenters. The number of methoxy groups -OCH3 is 2. The largest absolute Gasteiger partial charge is 0.497 e. The Morgan fingerprint density at radius 2 is 1.47 bits per heavy atom. The SMILES string of the molecule is COc1cc(OC)cc(C(=O)N(CCC(=O)NCc2ccccc2)Cc2ccc(C(=O)NO)cc2)c1. The second kappa shape index (κ2) is 12.9. The number of hydrogen-bond acceptors (Lipinski definition) is 6. The van der Waals surface area contributed by atoms with Crippen LogP contribution in [0.15, 0.2) is 72.8 Å². The molecule has 3 N–H and O–H groups in total. The van der Waals surface area contributed by atoms with E-state index in [9.17, 15) is 14.4 Å². The first-order valence-corrected chi connectivity index (χ1v) is 11.3. The molecule has 3 aromatic carbocycles. The summed E-state index contributed by atoms with van der Waals surface area (Å²) in [6.07, 6.45) is 0.102. The van der Waals surface area contributed by atoms with E-state index in [0.29, 0.717) is 23.6 Å². The van der Waals surface area contributed by atoms with Gasteiger partial charge in [-0.05, 0) is 35.4 Å². The molecule has 3 aromatic rings. The molecule has 0 heterocycles. The zero-order chi connectivity index (χ0) is 25.9. The fraction of sp³-hybridized carbons (Fsp3) is 0.222. The fourth-order valence-corrected chi connectivity index (χ4v) is 3.53. The van der Waals surface area contributed by atoms with E-state index in [1.54, 1.807) is 52.8 Å². The van der Waals surface area contributed by atoms with Crippen LogP contribution >= 0.6 is 0 Å². The number of amides is 3. The average molecular weight is 492 g/mol. The van der Waals surface area contributed by atoms with Crippen molar-refractivity contribution in [1.29, 1.82) is 0 Å². The number of hydrogen-bond donors (Lipinski definition) is 3. The Balaban J connectivity index is 1.76. The minimum atomic E-state index is -0.631. The molecule has 0 bridgehead atoms. The molecule has 3 rings (SSSR count). The minimum Gasteiger partial charge on any atom is -0.497 e. The Hall–Kier alpha value is -4.37. The van der Waals surface area contributed by atoms with Gasteiger partial charge in [-0.15, -0.1) is 0 Å². The highest BCUT2D eigenvalue weighted by Gasteiger charge is 2.20. The van der Waals surface area contributed by atoms with E-state index < -0.39 is 5.91 Å². The molecule has 0 aliphatic rings. The molecule has 0 atom stereocenters. The predicted molar refractivity (Wildman–Crippen MR) is 133 cm³/mol. The van der Waals surface area contributed by atoms with E-state index in [1.165, 1.54) is 14.2 Å². The van der Waals surface area contributed by atoms with Gasteiger partial charge in [-0.2, -0.15) is 0 Å².